The van der Waals surface area contributed by atoms with Gasteiger partial charge in [-0.2, -0.15) is 0 Å². The number of halogens is 2. The number of nitrogens with zero attached hydrogens (tertiary/aromatic N) is 1. The van der Waals surface area contributed by atoms with Crippen molar-refractivity contribution in [2.45, 2.75) is 0 Å². The second kappa shape index (κ2) is 6.59. The fourth-order valence-corrected chi connectivity index (χ4v) is 2.82. The lowest BCUT2D eigenvalue weighted by atomic mass is 10.1. The van der Waals surface area contributed by atoms with Gasteiger partial charge in [0, 0.05) is 5.39 Å². The number of hydrogen-bond acceptors (Lipinski definition) is 4. The summed E-state index contributed by atoms with van der Waals surface area (Å²) in [5, 5.41) is 21.1. The Morgan fingerprint density at radius 3 is 2.50 bits per heavy atom. The molecule has 0 atom stereocenters. The molecule has 2 N–H and O–H groups in total. The van der Waals surface area contributed by atoms with E-state index < -0.39 is 0 Å². The van der Waals surface area contributed by atoms with E-state index in [0.29, 0.717) is 27.4 Å². The summed E-state index contributed by atoms with van der Waals surface area (Å²) in [5.74, 6) is 0.362. The maximum atomic E-state index is 10.1. The van der Waals surface area contributed by atoms with Crippen molar-refractivity contribution in [3.8, 4) is 17.2 Å². The van der Waals surface area contributed by atoms with Gasteiger partial charge in [0.2, 0.25) is 0 Å². The second-order valence-corrected chi connectivity index (χ2v) is 5.90. The lowest BCUT2D eigenvalue weighted by molar-refractivity contribution is 0.373. The van der Waals surface area contributed by atoms with Crippen LogP contribution in [0.4, 0.5) is 0 Å². The highest BCUT2D eigenvalue weighted by atomic mass is 35.5. The van der Waals surface area contributed by atoms with Crippen LogP contribution in [0.2, 0.25) is 10.0 Å². The Morgan fingerprint density at radius 2 is 1.79 bits per heavy atom. The number of pyridine rings is 1. The zero-order valence-corrected chi connectivity index (χ0v) is 14.1. The van der Waals surface area contributed by atoms with E-state index in [4.69, 9.17) is 27.9 Å². The predicted molar refractivity (Wildman–Crippen MR) is 97.0 cm³/mol. The predicted octanol–water partition coefficient (Wildman–Crippen LogP) is 5.13. The molecule has 0 radical (unpaired) electrons. The average Bonchev–Trinajstić information content (AvgIpc) is 2.58. The first kappa shape index (κ1) is 16.4. The number of aromatic nitrogens is 1. The first-order chi connectivity index (χ1) is 11.5. The first-order valence-corrected chi connectivity index (χ1v) is 7.78. The van der Waals surface area contributed by atoms with E-state index >= 15 is 0 Å². The number of phenolic OH excluding ortho intramolecular Hbond substituents is 2. The summed E-state index contributed by atoms with van der Waals surface area (Å²) in [7, 11) is 1.49. The summed E-state index contributed by atoms with van der Waals surface area (Å²) in [6.45, 7) is 0. The van der Waals surface area contributed by atoms with Gasteiger partial charge in [-0.1, -0.05) is 35.3 Å². The van der Waals surface area contributed by atoms with Gasteiger partial charge in [-0.25, -0.2) is 4.98 Å². The van der Waals surface area contributed by atoms with Crippen LogP contribution in [0, 0.1) is 0 Å². The molecule has 0 aliphatic carbocycles. The van der Waals surface area contributed by atoms with E-state index in [2.05, 4.69) is 4.98 Å². The van der Waals surface area contributed by atoms with Gasteiger partial charge in [-0.05, 0) is 42.0 Å². The number of benzene rings is 2. The van der Waals surface area contributed by atoms with Crippen LogP contribution < -0.4 is 4.74 Å². The molecule has 0 saturated carbocycles. The van der Waals surface area contributed by atoms with Gasteiger partial charge in [-0.3, -0.25) is 0 Å². The van der Waals surface area contributed by atoms with Crippen molar-refractivity contribution in [1.29, 1.82) is 0 Å². The van der Waals surface area contributed by atoms with Crippen LogP contribution in [0.25, 0.3) is 23.1 Å². The Bertz CT molecular complexity index is 955. The molecule has 1 heterocycles. The molecular formula is C18H13Cl2NO3. The summed E-state index contributed by atoms with van der Waals surface area (Å²) in [5.41, 5.74) is 1.74. The number of ether oxygens (including phenoxy) is 1. The maximum Gasteiger partial charge on any atom is 0.160 e. The van der Waals surface area contributed by atoms with Gasteiger partial charge in [0.1, 0.15) is 5.52 Å². The van der Waals surface area contributed by atoms with Crippen LogP contribution in [0.5, 0.6) is 17.2 Å². The van der Waals surface area contributed by atoms with Crippen LogP contribution in [0.15, 0.2) is 36.4 Å². The van der Waals surface area contributed by atoms with E-state index in [1.807, 2.05) is 0 Å². The molecule has 0 spiro atoms. The molecule has 1 aromatic heterocycles. The quantitative estimate of drug-likeness (QED) is 0.678. The Labute approximate surface area is 148 Å². The van der Waals surface area contributed by atoms with Crippen molar-refractivity contribution in [3.63, 3.8) is 0 Å². The normalized spacial score (nSPS) is 11.3. The zero-order chi connectivity index (χ0) is 17.3. The fourth-order valence-electron chi connectivity index (χ4n) is 2.30. The number of rotatable bonds is 3. The minimum Gasteiger partial charge on any atom is -0.504 e. The second-order valence-electron chi connectivity index (χ2n) is 5.09. The smallest absolute Gasteiger partial charge is 0.160 e. The van der Waals surface area contributed by atoms with Crippen LogP contribution >= 0.6 is 23.2 Å². The van der Waals surface area contributed by atoms with E-state index in [-0.39, 0.29) is 16.5 Å². The monoisotopic (exact) mass is 361 g/mol. The Kier molecular flexibility index (Phi) is 4.51. The third-order valence-corrected chi connectivity index (χ3v) is 4.13. The third kappa shape index (κ3) is 3.11. The molecule has 0 bridgehead atoms. The Hall–Kier alpha value is -2.43. The molecule has 24 heavy (non-hydrogen) atoms. The van der Waals surface area contributed by atoms with Crippen molar-refractivity contribution in [2.75, 3.05) is 7.11 Å². The molecule has 0 aliphatic heterocycles. The zero-order valence-electron chi connectivity index (χ0n) is 12.6. The van der Waals surface area contributed by atoms with Crippen LogP contribution in [-0.4, -0.2) is 22.3 Å². The minimum atomic E-state index is -0.103. The summed E-state index contributed by atoms with van der Waals surface area (Å²) < 4.78 is 5.01. The molecule has 3 aromatic rings. The van der Waals surface area contributed by atoms with Gasteiger partial charge in [0.05, 0.1) is 22.8 Å². The lowest BCUT2D eigenvalue weighted by Gasteiger charge is -2.06. The summed E-state index contributed by atoms with van der Waals surface area (Å²) in [4.78, 5) is 4.37. The average molecular weight is 362 g/mol. The number of phenols is 2. The number of fused-ring (bicyclic) bond motifs is 1. The molecule has 2 aromatic carbocycles. The van der Waals surface area contributed by atoms with Gasteiger partial charge >= 0.3 is 0 Å². The molecule has 0 aliphatic rings. The highest BCUT2D eigenvalue weighted by Crippen LogP contribution is 2.36. The largest absolute Gasteiger partial charge is 0.504 e. The van der Waals surface area contributed by atoms with Crippen LogP contribution in [0.3, 0.4) is 0 Å². The topological polar surface area (TPSA) is 62.6 Å². The highest BCUT2D eigenvalue weighted by Gasteiger charge is 2.10. The Morgan fingerprint density at radius 1 is 1.00 bits per heavy atom. The van der Waals surface area contributed by atoms with Crippen LogP contribution in [0.1, 0.15) is 11.3 Å². The maximum absolute atomic E-state index is 10.1. The third-order valence-electron chi connectivity index (χ3n) is 3.53. The number of hydrogen-bond donors (Lipinski definition) is 2. The van der Waals surface area contributed by atoms with E-state index in [9.17, 15) is 10.2 Å². The molecule has 0 fully saturated rings. The molecular weight excluding hydrogens is 349 g/mol. The molecule has 3 rings (SSSR count). The van der Waals surface area contributed by atoms with Crippen molar-refractivity contribution in [2.24, 2.45) is 0 Å². The van der Waals surface area contributed by atoms with Crippen LogP contribution in [-0.2, 0) is 0 Å². The van der Waals surface area contributed by atoms with Gasteiger partial charge in [0.25, 0.3) is 0 Å². The summed E-state index contributed by atoms with van der Waals surface area (Å²) in [6, 6.07) is 10.1. The van der Waals surface area contributed by atoms with Gasteiger partial charge < -0.3 is 14.9 Å². The highest BCUT2D eigenvalue weighted by molar-refractivity contribution is 6.39. The molecule has 0 saturated heterocycles. The number of methoxy groups -OCH3 is 1. The van der Waals surface area contributed by atoms with Crippen molar-refractivity contribution in [1.82, 2.24) is 4.98 Å². The van der Waals surface area contributed by atoms with Crippen molar-refractivity contribution >= 4 is 46.3 Å². The Balaban J connectivity index is 1.98. The van der Waals surface area contributed by atoms with Gasteiger partial charge in [0.15, 0.2) is 17.2 Å². The fraction of sp³-hybridized carbons (Fsp3) is 0.0556. The molecule has 122 valence electrons. The molecule has 6 heteroatoms. The molecule has 4 nitrogen and oxygen atoms in total. The minimum absolute atomic E-state index is 0.0577. The SMILES string of the molecule is COc1ccc(C=Cc2ccc3c(Cl)cc(Cl)c(O)c3n2)cc1O. The first-order valence-electron chi connectivity index (χ1n) is 7.02. The van der Waals surface area contributed by atoms with Crippen molar-refractivity contribution in [3.05, 3.63) is 57.7 Å². The molecule has 0 amide bonds. The molecule has 0 unspecified atom stereocenters. The van der Waals surface area contributed by atoms with E-state index in [1.54, 1.807) is 42.5 Å². The van der Waals surface area contributed by atoms with Gasteiger partial charge in [-0.15, -0.1) is 0 Å². The van der Waals surface area contributed by atoms with E-state index in [0.717, 1.165) is 5.56 Å². The standard InChI is InChI=1S/C18H13Cl2NO3/c1-24-16-7-3-10(8-15(16)22)2-4-11-5-6-12-13(19)9-14(20)18(23)17(12)21-11/h2-9,22-23H,1H3. The number of aromatic hydroxyl groups is 2. The summed E-state index contributed by atoms with van der Waals surface area (Å²) >= 11 is 12.0. The van der Waals surface area contributed by atoms with E-state index in [1.165, 1.54) is 13.2 Å². The lowest BCUT2D eigenvalue weighted by Crippen LogP contribution is -1.86. The van der Waals surface area contributed by atoms with Crippen molar-refractivity contribution < 1.29 is 14.9 Å². The summed E-state index contributed by atoms with van der Waals surface area (Å²) in [6.07, 6.45) is 3.55.